The molecule has 3 amide bonds. The second-order valence-corrected chi connectivity index (χ2v) is 10.3. The molecule has 6 nitrogen and oxygen atoms in total. The van der Waals surface area contributed by atoms with Gasteiger partial charge in [-0.2, -0.15) is 0 Å². The number of rotatable bonds is 22. The predicted octanol–water partition coefficient (Wildman–Crippen LogP) is 6.28. The van der Waals surface area contributed by atoms with E-state index in [9.17, 15) is 14.4 Å². The molecule has 0 aliphatic heterocycles. The molecule has 0 aliphatic carbocycles. The van der Waals surface area contributed by atoms with Crippen molar-refractivity contribution < 1.29 is 14.4 Å². The summed E-state index contributed by atoms with van der Waals surface area (Å²) in [7, 11) is 5.34. The van der Waals surface area contributed by atoms with E-state index < -0.39 is 5.92 Å². The highest BCUT2D eigenvalue weighted by Gasteiger charge is 2.34. The molecule has 0 radical (unpaired) electrons. The van der Waals surface area contributed by atoms with Crippen LogP contribution in [0.4, 0.5) is 0 Å². The molecule has 0 saturated carbocycles. The van der Waals surface area contributed by atoms with Crippen molar-refractivity contribution in [2.75, 3.05) is 40.8 Å². The minimum Gasteiger partial charge on any atom is -0.346 e. The van der Waals surface area contributed by atoms with Crippen molar-refractivity contribution in [1.29, 1.82) is 0 Å². The first-order valence-corrected chi connectivity index (χ1v) is 14.5. The van der Waals surface area contributed by atoms with E-state index in [1.807, 2.05) is 0 Å². The Labute approximate surface area is 217 Å². The average Bonchev–Trinajstić information content (AvgIpc) is 2.85. The highest BCUT2D eigenvalue weighted by molar-refractivity contribution is 6.03. The van der Waals surface area contributed by atoms with Crippen LogP contribution in [0.3, 0.4) is 0 Å². The van der Waals surface area contributed by atoms with Crippen molar-refractivity contribution in [3.8, 4) is 0 Å². The number of carbonyl (C=O) groups excluding carboxylic acids is 3. The van der Waals surface area contributed by atoms with Crippen molar-refractivity contribution in [2.24, 2.45) is 5.92 Å². The fourth-order valence-corrected chi connectivity index (χ4v) is 4.35. The summed E-state index contributed by atoms with van der Waals surface area (Å²) in [6.45, 7) is 8.51. The van der Waals surface area contributed by atoms with Crippen LogP contribution < -0.4 is 0 Å². The average molecular weight is 496 g/mol. The summed E-state index contributed by atoms with van der Waals surface area (Å²) >= 11 is 0. The van der Waals surface area contributed by atoms with Gasteiger partial charge >= 0.3 is 0 Å². The molecule has 0 heterocycles. The van der Waals surface area contributed by atoms with Gasteiger partial charge in [0.2, 0.25) is 17.7 Å². The van der Waals surface area contributed by atoms with Gasteiger partial charge in [0.25, 0.3) is 0 Å². The smallest absolute Gasteiger partial charge is 0.235 e. The van der Waals surface area contributed by atoms with E-state index in [0.29, 0.717) is 19.6 Å². The van der Waals surface area contributed by atoms with Gasteiger partial charge in [-0.15, -0.1) is 0 Å². The molecule has 0 unspecified atom stereocenters. The van der Waals surface area contributed by atoms with E-state index in [-0.39, 0.29) is 24.1 Å². The van der Waals surface area contributed by atoms with E-state index in [1.54, 1.807) is 35.8 Å². The summed E-state index contributed by atoms with van der Waals surface area (Å²) in [6, 6.07) is 0. The van der Waals surface area contributed by atoms with Crippen LogP contribution in [0.2, 0.25) is 0 Å². The molecule has 0 rings (SSSR count). The van der Waals surface area contributed by atoms with Gasteiger partial charge in [0.05, 0.1) is 0 Å². The summed E-state index contributed by atoms with van der Waals surface area (Å²) in [5, 5.41) is 0. The lowest BCUT2D eigenvalue weighted by atomic mass is 10.00. The molecule has 0 aliphatic rings. The van der Waals surface area contributed by atoms with Crippen LogP contribution in [0, 0.1) is 5.92 Å². The van der Waals surface area contributed by atoms with Crippen LogP contribution in [0.1, 0.15) is 124 Å². The van der Waals surface area contributed by atoms with Gasteiger partial charge in [-0.05, 0) is 19.3 Å². The van der Waals surface area contributed by atoms with Crippen LogP contribution in [-0.4, -0.2) is 73.2 Å². The highest BCUT2D eigenvalue weighted by Crippen LogP contribution is 2.16. The Kier molecular flexibility index (Phi) is 20.7. The third-order valence-corrected chi connectivity index (χ3v) is 6.94. The molecule has 0 spiro atoms. The molecule has 0 saturated heterocycles. The first kappa shape index (κ1) is 33.4. The Morgan fingerprint density at radius 1 is 0.486 bits per heavy atom. The second kappa shape index (κ2) is 21.7. The molecule has 0 aromatic heterocycles. The Balaban J connectivity index is 5.04. The van der Waals surface area contributed by atoms with Crippen LogP contribution in [-0.2, 0) is 14.4 Å². The summed E-state index contributed by atoms with van der Waals surface area (Å²) in [6.07, 6.45) is 16.8. The van der Waals surface area contributed by atoms with Crippen LogP contribution >= 0.6 is 0 Å². The maximum Gasteiger partial charge on any atom is 0.235 e. The van der Waals surface area contributed by atoms with E-state index in [2.05, 4.69) is 20.8 Å². The molecule has 0 fully saturated rings. The Morgan fingerprint density at radius 2 is 0.800 bits per heavy atom. The Hall–Kier alpha value is -1.59. The quantitative estimate of drug-likeness (QED) is 0.131. The monoisotopic (exact) mass is 495 g/mol. The predicted molar refractivity (Wildman–Crippen MR) is 147 cm³/mol. The zero-order chi connectivity index (χ0) is 26.5. The van der Waals surface area contributed by atoms with Crippen LogP contribution in [0.15, 0.2) is 0 Å². The minimum atomic E-state index is -0.925. The number of hydrogen-bond acceptors (Lipinski definition) is 3. The third-order valence-electron chi connectivity index (χ3n) is 6.94. The topological polar surface area (TPSA) is 60.9 Å². The number of hydrogen-bond donors (Lipinski definition) is 0. The van der Waals surface area contributed by atoms with Crippen LogP contribution in [0.5, 0.6) is 0 Å². The number of amides is 3. The first-order valence-electron chi connectivity index (χ1n) is 14.5. The molecule has 206 valence electrons. The van der Waals surface area contributed by atoms with Gasteiger partial charge < -0.3 is 14.7 Å². The Bertz CT molecular complexity index is 535. The molecule has 0 N–H and O–H groups in total. The maximum absolute atomic E-state index is 13.3. The van der Waals surface area contributed by atoms with Gasteiger partial charge in [0.1, 0.15) is 5.92 Å². The molecule has 0 aromatic rings. The summed E-state index contributed by atoms with van der Waals surface area (Å²) in [5.74, 6) is -1.47. The second-order valence-electron chi connectivity index (χ2n) is 10.3. The highest BCUT2D eigenvalue weighted by atomic mass is 16.2. The van der Waals surface area contributed by atoms with Crippen molar-refractivity contribution in [1.82, 2.24) is 14.7 Å². The fraction of sp³-hybridized carbons (Fsp3) is 0.897. The van der Waals surface area contributed by atoms with Gasteiger partial charge in [0.15, 0.2) is 0 Å². The molecule has 0 aromatic carbocycles. The Morgan fingerprint density at radius 3 is 1.14 bits per heavy atom. The van der Waals surface area contributed by atoms with Gasteiger partial charge in [-0.1, -0.05) is 97.8 Å². The van der Waals surface area contributed by atoms with E-state index in [1.165, 1.54) is 57.8 Å². The van der Waals surface area contributed by atoms with E-state index >= 15 is 0 Å². The third kappa shape index (κ3) is 15.9. The van der Waals surface area contributed by atoms with Gasteiger partial charge in [-0.3, -0.25) is 14.4 Å². The summed E-state index contributed by atoms with van der Waals surface area (Å²) in [5.41, 5.74) is 0. The normalized spacial score (nSPS) is 11.1. The van der Waals surface area contributed by atoms with Crippen molar-refractivity contribution in [2.45, 2.75) is 124 Å². The lowest BCUT2D eigenvalue weighted by Gasteiger charge is -2.28. The van der Waals surface area contributed by atoms with Crippen molar-refractivity contribution >= 4 is 17.7 Å². The number of nitrogens with zero attached hydrogens (tertiary/aromatic N) is 3. The molecular formula is C29H57N3O3. The molecule has 0 atom stereocenters. The van der Waals surface area contributed by atoms with Crippen molar-refractivity contribution in [3.05, 3.63) is 0 Å². The molecular weight excluding hydrogens is 438 g/mol. The van der Waals surface area contributed by atoms with E-state index in [4.69, 9.17) is 0 Å². The fourth-order valence-electron chi connectivity index (χ4n) is 4.35. The van der Waals surface area contributed by atoms with Gasteiger partial charge in [0, 0.05) is 47.2 Å². The lowest BCUT2D eigenvalue weighted by molar-refractivity contribution is -0.150. The SMILES string of the molecule is CCCCCCCN(C)C(=O)CC(C(=O)N(C)CCCCCCC)C(=O)N(C)CCCCCCC. The van der Waals surface area contributed by atoms with Gasteiger partial charge in [-0.25, -0.2) is 0 Å². The molecule has 6 heteroatoms. The zero-order valence-electron chi connectivity index (χ0n) is 24.1. The maximum atomic E-state index is 13.3. The number of unbranched alkanes of at least 4 members (excludes halogenated alkanes) is 12. The lowest BCUT2D eigenvalue weighted by Crippen LogP contribution is -2.45. The largest absolute Gasteiger partial charge is 0.346 e. The standard InChI is InChI=1S/C29H57N3O3/c1-7-10-13-16-19-22-30(4)27(33)25-26(28(34)31(5)23-20-17-14-11-8-2)29(35)32(6)24-21-18-15-12-9-3/h26H,7-25H2,1-6H3. The minimum absolute atomic E-state index is 0.0382. The van der Waals surface area contributed by atoms with Crippen molar-refractivity contribution in [3.63, 3.8) is 0 Å². The van der Waals surface area contributed by atoms with Crippen LogP contribution in [0.25, 0.3) is 0 Å². The summed E-state index contributed by atoms with van der Waals surface area (Å²) < 4.78 is 0. The molecule has 35 heavy (non-hydrogen) atoms. The summed E-state index contributed by atoms with van der Waals surface area (Å²) in [4.78, 5) is 44.7. The zero-order valence-corrected chi connectivity index (χ0v) is 24.1. The van der Waals surface area contributed by atoms with E-state index in [0.717, 1.165) is 38.5 Å². The first-order chi connectivity index (χ1) is 16.8. The number of carbonyl (C=O) groups is 3. The molecule has 0 bridgehead atoms.